The lowest BCUT2D eigenvalue weighted by molar-refractivity contribution is 0.322. The van der Waals surface area contributed by atoms with Crippen molar-refractivity contribution in [3.8, 4) is 0 Å². The van der Waals surface area contributed by atoms with E-state index in [0.29, 0.717) is 12.0 Å². The minimum atomic E-state index is 0.362. The summed E-state index contributed by atoms with van der Waals surface area (Å²) >= 11 is 0. The van der Waals surface area contributed by atoms with E-state index >= 15 is 0 Å². The molecule has 1 fully saturated rings. The fourth-order valence-electron chi connectivity index (χ4n) is 2.65. The lowest BCUT2D eigenvalue weighted by atomic mass is 10.1. The van der Waals surface area contributed by atoms with Crippen LogP contribution in [0.2, 0.25) is 0 Å². The van der Waals surface area contributed by atoms with Gasteiger partial charge in [-0.25, -0.2) is 0 Å². The van der Waals surface area contributed by atoms with Crippen molar-refractivity contribution in [2.45, 2.75) is 38.6 Å². The normalized spacial score (nSPS) is 20.8. The minimum absolute atomic E-state index is 0.362. The van der Waals surface area contributed by atoms with Gasteiger partial charge < -0.3 is 16.0 Å². The third-order valence-electron chi connectivity index (χ3n) is 3.84. The fourth-order valence-corrected chi connectivity index (χ4v) is 2.65. The predicted molar refractivity (Wildman–Crippen MR) is 75.9 cm³/mol. The molecular weight excluding hydrogens is 226 g/mol. The Hall–Kier alpha value is -1.23. The molecule has 1 aliphatic rings. The summed E-state index contributed by atoms with van der Waals surface area (Å²) in [5.41, 5.74) is 7.95. The van der Waals surface area contributed by atoms with Crippen molar-refractivity contribution < 1.29 is 0 Å². The lowest BCUT2D eigenvalue weighted by Gasteiger charge is -2.20. The van der Waals surface area contributed by atoms with Crippen molar-refractivity contribution in [2.24, 2.45) is 7.05 Å². The monoisotopic (exact) mass is 251 g/mol. The van der Waals surface area contributed by atoms with E-state index in [1.54, 1.807) is 0 Å². The molecule has 1 aromatic heterocycles. The van der Waals surface area contributed by atoms with Gasteiger partial charge in [-0.15, -0.1) is 0 Å². The Bertz CT molecular complexity index is 410. The van der Waals surface area contributed by atoms with Gasteiger partial charge in [0.2, 0.25) is 0 Å². The van der Waals surface area contributed by atoms with Gasteiger partial charge in [-0.1, -0.05) is 13.8 Å². The van der Waals surface area contributed by atoms with Crippen LogP contribution in [-0.2, 0) is 7.05 Å². The first-order chi connectivity index (χ1) is 8.50. The number of likely N-dealkylation sites (tertiary alicyclic amines) is 1. The second-order valence-electron chi connectivity index (χ2n) is 5.58. The second kappa shape index (κ2) is 5.18. The minimum Gasteiger partial charge on any atom is -0.394 e. The third kappa shape index (κ3) is 2.46. The number of hydrogen-bond donors (Lipinski definition) is 2. The van der Waals surface area contributed by atoms with Crippen molar-refractivity contribution in [3.05, 3.63) is 5.69 Å². The molecule has 1 aliphatic heterocycles. The molecule has 0 amide bonds. The first kappa shape index (κ1) is 13.2. The molecule has 5 heteroatoms. The number of aryl methyl sites for hydroxylation is 1. The van der Waals surface area contributed by atoms with Crippen LogP contribution in [0.1, 0.15) is 38.3 Å². The third-order valence-corrected chi connectivity index (χ3v) is 3.84. The summed E-state index contributed by atoms with van der Waals surface area (Å²) in [7, 11) is 4.13. The van der Waals surface area contributed by atoms with Crippen LogP contribution in [-0.4, -0.2) is 40.9 Å². The molecule has 0 radical (unpaired) electrons. The Morgan fingerprint density at radius 3 is 2.67 bits per heavy atom. The summed E-state index contributed by atoms with van der Waals surface area (Å²) in [6.45, 7) is 6.38. The van der Waals surface area contributed by atoms with Crippen LogP contribution >= 0.6 is 0 Å². The highest BCUT2D eigenvalue weighted by atomic mass is 15.3. The molecular formula is C13H25N5. The Morgan fingerprint density at radius 1 is 1.44 bits per heavy atom. The van der Waals surface area contributed by atoms with E-state index in [2.05, 4.69) is 36.2 Å². The van der Waals surface area contributed by atoms with Gasteiger partial charge in [-0.3, -0.25) is 4.68 Å². The van der Waals surface area contributed by atoms with Gasteiger partial charge in [0, 0.05) is 19.6 Å². The maximum absolute atomic E-state index is 6.17. The molecule has 5 nitrogen and oxygen atoms in total. The summed E-state index contributed by atoms with van der Waals surface area (Å²) < 4.78 is 1.86. The molecule has 1 atom stereocenters. The molecule has 18 heavy (non-hydrogen) atoms. The van der Waals surface area contributed by atoms with Gasteiger partial charge in [0.05, 0.1) is 11.4 Å². The van der Waals surface area contributed by atoms with Crippen LogP contribution in [0.15, 0.2) is 0 Å². The van der Waals surface area contributed by atoms with Gasteiger partial charge in [0.15, 0.2) is 0 Å². The highest BCUT2D eigenvalue weighted by Crippen LogP contribution is 2.28. The molecule has 1 unspecified atom stereocenters. The van der Waals surface area contributed by atoms with Gasteiger partial charge >= 0.3 is 0 Å². The number of anilines is 2. The van der Waals surface area contributed by atoms with Crippen molar-refractivity contribution in [1.29, 1.82) is 0 Å². The molecule has 0 bridgehead atoms. The quantitative estimate of drug-likeness (QED) is 0.854. The zero-order valence-electron chi connectivity index (χ0n) is 11.9. The second-order valence-corrected chi connectivity index (χ2v) is 5.58. The van der Waals surface area contributed by atoms with Crippen molar-refractivity contribution in [2.75, 3.05) is 31.2 Å². The van der Waals surface area contributed by atoms with Crippen LogP contribution in [0.4, 0.5) is 11.5 Å². The summed E-state index contributed by atoms with van der Waals surface area (Å²) in [4.78, 5) is 2.41. The number of likely N-dealkylation sites (N-methyl/N-ethyl adjacent to an activating group) is 1. The number of nitrogens with one attached hydrogen (secondary N) is 1. The topological polar surface area (TPSA) is 59.1 Å². The van der Waals surface area contributed by atoms with Gasteiger partial charge in [0.1, 0.15) is 5.82 Å². The van der Waals surface area contributed by atoms with E-state index in [1.807, 2.05) is 11.7 Å². The molecule has 3 N–H and O–H groups in total. The molecule has 102 valence electrons. The largest absolute Gasteiger partial charge is 0.394 e. The number of hydrogen-bond acceptors (Lipinski definition) is 4. The fraction of sp³-hybridized carbons (Fsp3) is 0.769. The Labute approximate surface area is 109 Å². The average Bonchev–Trinajstić information content (AvgIpc) is 2.82. The van der Waals surface area contributed by atoms with E-state index in [0.717, 1.165) is 23.7 Å². The van der Waals surface area contributed by atoms with Crippen LogP contribution in [0, 0.1) is 0 Å². The van der Waals surface area contributed by atoms with E-state index < -0.39 is 0 Å². The average molecular weight is 251 g/mol. The van der Waals surface area contributed by atoms with Crippen molar-refractivity contribution >= 4 is 11.5 Å². The smallest absolute Gasteiger partial charge is 0.147 e. The van der Waals surface area contributed by atoms with Crippen LogP contribution in [0.25, 0.3) is 0 Å². The SMILES string of the molecule is CC(C)c1nn(C)c(NCC2CCCN2C)c1N. The van der Waals surface area contributed by atoms with Crippen molar-refractivity contribution in [1.82, 2.24) is 14.7 Å². The Kier molecular flexibility index (Phi) is 3.80. The summed E-state index contributed by atoms with van der Waals surface area (Å²) in [5, 5.41) is 7.95. The van der Waals surface area contributed by atoms with E-state index in [4.69, 9.17) is 5.73 Å². The van der Waals surface area contributed by atoms with Gasteiger partial charge in [-0.05, 0) is 32.4 Å². The van der Waals surface area contributed by atoms with Crippen LogP contribution in [0.3, 0.4) is 0 Å². The van der Waals surface area contributed by atoms with Crippen LogP contribution in [0.5, 0.6) is 0 Å². The number of rotatable bonds is 4. The first-order valence-electron chi connectivity index (χ1n) is 6.77. The molecule has 1 saturated heterocycles. The van der Waals surface area contributed by atoms with Gasteiger partial charge in [0.25, 0.3) is 0 Å². The molecule has 0 spiro atoms. The molecule has 2 rings (SSSR count). The predicted octanol–water partition coefficient (Wildman–Crippen LogP) is 1.63. The zero-order chi connectivity index (χ0) is 13.3. The van der Waals surface area contributed by atoms with Crippen LogP contribution < -0.4 is 11.1 Å². The van der Waals surface area contributed by atoms with Crippen molar-refractivity contribution in [3.63, 3.8) is 0 Å². The summed E-state index contributed by atoms with van der Waals surface area (Å²) in [6, 6.07) is 0.613. The molecule has 1 aromatic rings. The molecule has 2 heterocycles. The number of nitrogens with zero attached hydrogens (tertiary/aromatic N) is 3. The molecule has 0 aromatic carbocycles. The maximum Gasteiger partial charge on any atom is 0.147 e. The maximum atomic E-state index is 6.17. The first-order valence-corrected chi connectivity index (χ1v) is 6.77. The van der Waals surface area contributed by atoms with Gasteiger partial charge in [-0.2, -0.15) is 5.10 Å². The van der Waals surface area contributed by atoms with E-state index in [9.17, 15) is 0 Å². The zero-order valence-corrected chi connectivity index (χ0v) is 11.9. The lowest BCUT2D eigenvalue weighted by Crippen LogP contribution is -2.32. The van der Waals surface area contributed by atoms with E-state index in [-0.39, 0.29) is 0 Å². The molecule has 0 saturated carbocycles. The number of aromatic nitrogens is 2. The highest BCUT2D eigenvalue weighted by Gasteiger charge is 2.22. The standard InChI is InChI=1S/C13H25N5/c1-9(2)12-11(14)13(18(4)16-12)15-8-10-6-5-7-17(10)3/h9-10,15H,5-8,14H2,1-4H3. The summed E-state index contributed by atoms with van der Waals surface area (Å²) in [6.07, 6.45) is 2.55. The Morgan fingerprint density at radius 2 is 2.17 bits per heavy atom. The molecule has 0 aliphatic carbocycles. The number of nitrogen functional groups attached to an aromatic ring is 1. The highest BCUT2D eigenvalue weighted by molar-refractivity contribution is 5.65. The van der Waals surface area contributed by atoms with E-state index in [1.165, 1.54) is 19.4 Å². The summed E-state index contributed by atoms with van der Waals surface area (Å²) in [5.74, 6) is 1.32. The Balaban J connectivity index is 2.05. The number of nitrogens with two attached hydrogens (primary N) is 1.